The second kappa shape index (κ2) is 6.76. The lowest BCUT2D eigenvalue weighted by atomic mass is 10.0. The number of aryl methyl sites for hydroxylation is 2. The number of nitrogens with two attached hydrogens (primary N) is 1. The molecule has 1 unspecified atom stereocenters. The highest BCUT2D eigenvalue weighted by Crippen LogP contribution is 2.23. The highest BCUT2D eigenvalue weighted by molar-refractivity contribution is 5.41. The van der Waals surface area contributed by atoms with E-state index < -0.39 is 0 Å². The van der Waals surface area contributed by atoms with Crippen molar-refractivity contribution in [2.24, 2.45) is 11.7 Å². The summed E-state index contributed by atoms with van der Waals surface area (Å²) in [5, 5.41) is 3.50. The van der Waals surface area contributed by atoms with Gasteiger partial charge in [0.05, 0.1) is 7.11 Å². The van der Waals surface area contributed by atoms with Crippen LogP contribution in [0.3, 0.4) is 0 Å². The van der Waals surface area contributed by atoms with Crippen LogP contribution < -0.4 is 15.8 Å². The van der Waals surface area contributed by atoms with Gasteiger partial charge in [0.25, 0.3) is 0 Å². The van der Waals surface area contributed by atoms with E-state index in [0.717, 1.165) is 12.3 Å². The maximum atomic E-state index is 5.77. The van der Waals surface area contributed by atoms with Crippen molar-refractivity contribution < 1.29 is 4.74 Å². The summed E-state index contributed by atoms with van der Waals surface area (Å²) in [7, 11) is 1.72. The highest BCUT2D eigenvalue weighted by Gasteiger charge is 2.12. The molecule has 0 fully saturated rings. The zero-order valence-corrected chi connectivity index (χ0v) is 12.2. The number of methoxy groups -OCH3 is 1. The van der Waals surface area contributed by atoms with Crippen molar-refractivity contribution >= 4 is 0 Å². The van der Waals surface area contributed by atoms with E-state index >= 15 is 0 Å². The Morgan fingerprint density at radius 1 is 1.22 bits per heavy atom. The molecular formula is C15H26N2O. The minimum atomic E-state index is 0.344. The molecule has 0 aromatic heterocycles. The van der Waals surface area contributed by atoms with Crippen molar-refractivity contribution in [2.75, 3.05) is 13.7 Å². The Morgan fingerprint density at radius 3 is 2.33 bits per heavy atom. The van der Waals surface area contributed by atoms with Crippen molar-refractivity contribution in [3.8, 4) is 5.75 Å². The number of benzene rings is 1. The van der Waals surface area contributed by atoms with E-state index in [-0.39, 0.29) is 0 Å². The van der Waals surface area contributed by atoms with Gasteiger partial charge in [-0.1, -0.05) is 19.9 Å². The van der Waals surface area contributed by atoms with Gasteiger partial charge in [0.15, 0.2) is 0 Å². The van der Waals surface area contributed by atoms with Crippen LogP contribution in [-0.2, 0) is 6.54 Å². The molecule has 3 heteroatoms. The molecule has 0 bridgehead atoms. The second-order valence-electron chi connectivity index (χ2n) is 5.22. The Kier molecular flexibility index (Phi) is 5.63. The monoisotopic (exact) mass is 250 g/mol. The average molecular weight is 250 g/mol. The third kappa shape index (κ3) is 3.72. The zero-order chi connectivity index (χ0) is 13.7. The first kappa shape index (κ1) is 15.0. The van der Waals surface area contributed by atoms with Crippen LogP contribution in [0.25, 0.3) is 0 Å². The van der Waals surface area contributed by atoms with Crippen molar-refractivity contribution in [1.29, 1.82) is 0 Å². The third-order valence-electron chi connectivity index (χ3n) is 3.51. The van der Waals surface area contributed by atoms with E-state index in [1.54, 1.807) is 7.11 Å². The average Bonchev–Trinajstić information content (AvgIpc) is 2.33. The molecule has 3 N–H and O–H groups in total. The molecule has 0 aliphatic rings. The summed E-state index contributed by atoms with van der Waals surface area (Å²) in [6.07, 6.45) is 0. The summed E-state index contributed by atoms with van der Waals surface area (Å²) < 4.78 is 5.44. The van der Waals surface area contributed by atoms with Crippen molar-refractivity contribution in [3.63, 3.8) is 0 Å². The Morgan fingerprint density at radius 2 is 1.83 bits per heavy atom. The fourth-order valence-electron chi connectivity index (χ4n) is 2.01. The molecule has 1 atom stereocenters. The SMILES string of the molecule is COc1cc(C)c(C)cc1CNC(CN)C(C)C. The standard InChI is InChI=1S/C15H26N2O/c1-10(2)14(8-16)17-9-13-6-11(3)12(4)7-15(13)18-5/h6-7,10,14,17H,8-9,16H2,1-5H3. The van der Waals surface area contributed by atoms with Gasteiger partial charge >= 0.3 is 0 Å². The Hall–Kier alpha value is -1.06. The smallest absolute Gasteiger partial charge is 0.123 e. The molecule has 1 rings (SSSR count). The zero-order valence-electron chi connectivity index (χ0n) is 12.2. The van der Waals surface area contributed by atoms with Gasteiger partial charge in [-0.2, -0.15) is 0 Å². The van der Waals surface area contributed by atoms with Gasteiger partial charge in [0, 0.05) is 24.7 Å². The lowest BCUT2D eigenvalue weighted by Gasteiger charge is -2.21. The molecule has 0 spiro atoms. The molecule has 18 heavy (non-hydrogen) atoms. The summed E-state index contributed by atoms with van der Waals surface area (Å²) in [4.78, 5) is 0. The third-order valence-corrected chi connectivity index (χ3v) is 3.51. The van der Waals surface area contributed by atoms with Crippen molar-refractivity contribution in [1.82, 2.24) is 5.32 Å². The minimum Gasteiger partial charge on any atom is -0.496 e. The number of rotatable bonds is 6. The molecule has 3 nitrogen and oxygen atoms in total. The van der Waals surface area contributed by atoms with Crippen molar-refractivity contribution in [3.05, 3.63) is 28.8 Å². The summed E-state index contributed by atoms with van der Waals surface area (Å²) in [5.41, 5.74) is 9.51. The quantitative estimate of drug-likeness (QED) is 0.815. The Balaban J connectivity index is 2.80. The van der Waals surface area contributed by atoms with Crippen molar-refractivity contribution in [2.45, 2.75) is 40.3 Å². The molecule has 0 radical (unpaired) electrons. The normalized spacial score (nSPS) is 12.8. The molecule has 0 saturated heterocycles. The number of hydrogen-bond acceptors (Lipinski definition) is 3. The van der Waals surface area contributed by atoms with Crippen LogP contribution in [-0.4, -0.2) is 19.7 Å². The number of hydrogen-bond donors (Lipinski definition) is 2. The molecule has 0 amide bonds. The van der Waals surface area contributed by atoms with Gasteiger partial charge in [0.2, 0.25) is 0 Å². The second-order valence-corrected chi connectivity index (χ2v) is 5.22. The molecule has 1 aromatic carbocycles. The highest BCUT2D eigenvalue weighted by atomic mass is 16.5. The van der Waals surface area contributed by atoms with Gasteiger partial charge in [-0.3, -0.25) is 0 Å². The summed E-state index contributed by atoms with van der Waals surface area (Å²) in [6, 6.07) is 4.63. The lowest BCUT2D eigenvalue weighted by Crippen LogP contribution is -2.39. The van der Waals surface area contributed by atoms with Gasteiger partial charge < -0.3 is 15.8 Å². The molecule has 0 saturated carbocycles. The maximum absolute atomic E-state index is 5.77. The van der Waals surface area contributed by atoms with E-state index in [9.17, 15) is 0 Å². The van der Waals surface area contributed by atoms with Crippen LogP contribution in [0.1, 0.15) is 30.5 Å². The Labute approximate surface area is 111 Å². The molecular weight excluding hydrogens is 224 g/mol. The van der Waals surface area contributed by atoms with Crippen LogP contribution in [0.15, 0.2) is 12.1 Å². The predicted molar refractivity (Wildman–Crippen MR) is 77.0 cm³/mol. The van der Waals surface area contributed by atoms with Gasteiger partial charge in [0.1, 0.15) is 5.75 Å². The first-order valence-corrected chi connectivity index (χ1v) is 6.57. The van der Waals surface area contributed by atoms with Crippen LogP contribution in [0, 0.1) is 19.8 Å². The topological polar surface area (TPSA) is 47.3 Å². The molecule has 0 heterocycles. The Bertz CT molecular complexity index is 388. The molecule has 0 aliphatic heterocycles. The van der Waals surface area contributed by atoms with E-state index in [1.165, 1.54) is 16.7 Å². The van der Waals surface area contributed by atoms with E-state index in [4.69, 9.17) is 10.5 Å². The lowest BCUT2D eigenvalue weighted by molar-refractivity contribution is 0.386. The number of nitrogens with one attached hydrogen (secondary N) is 1. The molecule has 102 valence electrons. The fraction of sp³-hybridized carbons (Fsp3) is 0.600. The fourth-order valence-corrected chi connectivity index (χ4v) is 2.01. The predicted octanol–water partition coefficient (Wildman–Crippen LogP) is 2.38. The van der Waals surface area contributed by atoms with Crippen LogP contribution in [0.5, 0.6) is 5.75 Å². The van der Waals surface area contributed by atoms with Crippen LogP contribution >= 0.6 is 0 Å². The van der Waals surface area contributed by atoms with Gasteiger partial charge in [-0.25, -0.2) is 0 Å². The molecule has 0 aliphatic carbocycles. The van der Waals surface area contributed by atoms with E-state index in [1.807, 2.05) is 0 Å². The summed E-state index contributed by atoms with van der Waals surface area (Å²) in [5.74, 6) is 1.48. The maximum Gasteiger partial charge on any atom is 0.123 e. The van der Waals surface area contributed by atoms with E-state index in [0.29, 0.717) is 18.5 Å². The minimum absolute atomic E-state index is 0.344. The summed E-state index contributed by atoms with van der Waals surface area (Å²) >= 11 is 0. The first-order valence-electron chi connectivity index (χ1n) is 6.57. The van der Waals surface area contributed by atoms with Crippen LogP contribution in [0.4, 0.5) is 0 Å². The van der Waals surface area contributed by atoms with E-state index in [2.05, 4.69) is 45.1 Å². The van der Waals surface area contributed by atoms with Crippen LogP contribution in [0.2, 0.25) is 0 Å². The first-order chi connectivity index (χ1) is 8.49. The molecule has 1 aromatic rings. The van der Waals surface area contributed by atoms with Gasteiger partial charge in [-0.15, -0.1) is 0 Å². The van der Waals surface area contributed by atoms with Gasteiger partial charge in [-0.05, 0) is 37.0 Å². The largest absolute Gasteiger partial charge is 0.496 e. The summed E-state index contributed by atoms with van der Waals surface area (Å²) in [6.45, 7) is 10.0. The number of ether oxygens (including phenoxy) is 1.